The van der Waals surface area contributed by atoms with E-state index >= 15 is 0 Å². The summed E-state index contributed by atoms with van der Waals surface area (Å²) in [5.74, 6) is 0. The van der Waals surface area contributed by atoms with Crippen molar-refractivity contribution >= 4 is 37.5 Å². The molecule has 5 heteroatoms. The van der Waals surface area contributed by atoms with Crippen LogP contribution in [-0.2, 0) is 13.3 Å². The molecule has 0 heterocycles. The molecule has 0 aromatic rings. The van der Waals surface area contributed by atoms with Gasteiger partial charge in [-0.05, 0) is 20.8 Å². The van der Waals surface area contributed by atoms with E-state index in [1.165, 1.54) is 27.9 Å². The van der Waals surface area contributed by atoms with Crippen LogP contribution in [0.5, 0.6) is 0 Å². The summed E-state index contributed by atoms with van der Waals surface area (Å²) < 4.78 is 17.8. The van der Waals surface area contributed by atoms with Gasteiger partial charge < -0.3 is 13.3 Å². The van der Waals surface area contributed by atoms with Gasteiger partial charge in [0.1, 0.15) is 0 Å². The third kappa shape index (κ3) is 11.1. The van der Waals surface area contributed by atoms with E-state index < -0.39 is 9.53 Å². The first kappa shape index (κ1) is 15.6. The molecular weight excluding hydrogens is 183 g/mol. The first-order valence-electron chi connectivity index (χ1n) is 4.69. The summed E-state index contributed by atoms with van der Waals surface area (Å²) in [5.41, 5.74) is 0. The van der Waals surface area contributed by atoms with Crippen molar-refractivity contribution in [1.82, 2.24) is 0 Å². The van der Waals surface area contributed by atoms with Crippen LogP contribution in [0.2, 0.25) is 4.17 Å². The predicted octanol–water partition coefficient (Wildman–Crippen LogP) is 1.02. The molecule has 12 heavy (non-hydrogen) atoms. The number of hydrogen-bond donors (Lipinski definition) is 0. The van der Waals surface area contributed by atoms with Gasteiger partial charge in [0.25, 0.3) is 0 Å². The van der Waals surface area contributed by atoms with Crippen LogP contribution in [-0.4, -0.2) is 57.3 Å². The Morgan fingerprint density at radius 2 is 1.08 bits per heavy atom. The molecule has 0 spiro atoms. The van der Waals surface area contributed by atoms with Gasteiger partial charge in [0.05, 0.1) is 0 Å². The molecule has 0 unspecified atom stereocenters. The topological polar surface area (TPSA) is 27.7 Å². The summed E-state index contributed by atoms with van der Waals surface area (Å²) >= 11 is 1.31. The normalized spacial score (nSPS) is 9.58. The third-order valence-electron chi connectivity index (χ3n) is 0.908. The first-order valence-corrected chi connectivity index (χ1v) is 8.11. The van der Waals surface area contributed by atoms with Crippen molar-refractivity contribution in [3.63, 3.8) is 0 Å². The minimum absolute atomic E-state index is 0.677. The van der Waals surface area contributed by atoms with Crippen LogP contribution in [0.1, 0.15) is 20.8 Å². The zero-order valence-electron chi connectivity index (χ0n) is 8.92. The van der Waals surface area contributed by atoms with Gasteiger partial charge in [0, 0.05) is 19.8 Å². The quantitative estimate of drug-likeness (QED) is 0.602. The van der Waals surface area contributed by atoms with E-state index in [4.69, 9.17) is 13.3 Å². The van der Waals surface area contributed by atoms with Crippen molar-refractivity contribution in [2.75, 3.05) is 19.8 Å². The van der Waals surface area contributed by atoms with E-state index in [-0.39, 0.29) is 0 Å². The molecule has 0 N–H and O–H groups in total. The van der Waals surface area contributed by atoms with Gasteiger partial charge in [-0.25, -0.2) is 0 Å². The molecule has 70 valence electrons. The number of hydrogen-bond acceptors (Lipinski definition) is 3. The van der Waals surface area contributed by atoms with Crippen molar-refractivity contribution in [3.05, 3.63) is 0 Å². The minimum atomic E-state index is -1.73. The third-order valence-corrected chi connectivity index (χ3v) is 2.72. The molecule has 0 aliphatic rings. The Morgan fingerprint density at radius 1 is 0.833 bits per heavy atom. The fourth-order valence-corrected chi connectivity index (χ4v) is 1.66. The maximum absolute atomic E-state index is 5.22. The Bertz CT molecular complexity index is 61.4. The fourth-order valence-electron chi connectivity index (χ4n) is 0.553. The molecule has 3 nitrogen and oxygen atoms in total. The van der Waals surface area contributed by atoms with Gasteiger partial charge in [0.2, 0.25) is 0 Å². The number of rotatable bonds is 6. The summed E-state index contributed by atoms with van der Waals surface area (Å²) in [6.07, 6.45) is 0. The second-order valence-corrected chi connectivity index (χ2v) is 3.23. The van der Waals surface area contributed by atoms with Crippen LogP contribution in [0.25, 0.3) is 0 Å². The summed E-state index contributed by atoms with van der Waals surface area (Å²) in [5, 5.41) is 0. The Morgan fingerprint density at radius 3 is 1.25 bits per heavy atom. The zero-order valence-corrected chi connectivity index (χ0v) is 12.1. The Kier molecular flexibility index (Phi) is 19.0. The van der Waals surface area contributed by atoms with Crippen LogP contribution >= 0.6 is 0 Å². The summed E-state index contributed by atoms with van der Waals surface area (Å²) in [6, 6.07) is 0. The Balaban J connectivity index is 0. The summed E-state index contributed by atoms with van der Waals surface area (Å²) in [6.45, 7) is 7.86. The van der Waals surface area contributed by atoms with E-state index in [1.54, 1.807) is 0 Å². The molecule has 0 amide bonds. The molecule has 0 fully saturated rings. The molecule has 0 aliphatic carbocycles. The molecule has 0 saturated carbocycles. The molecule has 0 radical (unpaired) electrons. The monoisotopic (exact) mass is 202 g/mol. The molecule has 0 rings (SSSR count). The van der Waals surface area contributed by atoms with Crippen LogP contribution < -0.4 is 0 Å². The average Bonchev–Trinajstić information content (AvgIpc) is 2.10. The van der Waals surface area contributed by atoms with E-state index in [9.17, 15) is 0 Å². The first-order chi connectivity index (χ1) is 5.85. The molecule has 0 aromatic carbocycles. The fraction of sp³-hybridized carbons (Fsp3) is 1.00. The standard InChI is InChI=1S/C6H16O3Si.CH3.Na/c1-4-7-10(8-5-2)9-6-3;;/h10H,4-6H2,1-3H3;1H3;. The van der Waals surface area contributed by atoms with Crippen molar-refractivity contribution in [3.8, 4) is 0 Å². The van der Waals surface area contributed by atoms with E-state index in [0.29, 0.717) is 19.8 Å². The molecule has 0 aromatic heterocycles. The molecule has 0 saturated heterocycles. The van der Waals surface area contributed by atoms with E-state index in [0.717, 1.165) is 0 Å². The van der Waals surface area contributed by atoms with Gasteiger partial charge >= 0.3 is 41.6 Å². The van der Waals surface area contributed by atoms with Crippen LogP contribution in [0.3, 0.4) is 0 Å². The van der Waals surface area contributed by atoms with Crippen LogP contribution in [0.15, 0.2) is 0 Å². The molecule has 0 atom stereocenters. The van der Waals surface area contributed by atoms with Gasteiger partial charge in [-0.1, -0.05) is 0 Å². The summed E-state index contributed by atoms with van der Waals surface area (Å²) in [7, 11) is -1.73. The van der Waals surface area contributed by atoms with Gasteiger partial charge in [-0.3, -0.25) is 0 Å². The second-order valence-electron chi connectivity index (χ2n) is 1.65. The Labute approximate surface area is 95.2 Å². The molecule has 0 aliphatic heterocycles. The average molecular weight is 202 g/mol. The van der Waals surface area contributed by atoms with Crippen molar-refractivity contribution in [2.24, 2.45) is 0 Å². The van der Waals surface area contributed by atoms with Gasteiger partial charge in [-0.15, -0.1) is 0 Å². The van der Waals surface area contributed by atoms with Gasteiger partial charge in [0.15, 0.2) is 0 Å². The van der Waals surface area contributed by atoms with E-state index in [1.807, 2.05) is 20.8 Å². The van der Waals surface area contributed by atoms with Crippen LogP contribution in [0.4, 0.5) is 0 Å². The van der Waals surface area contributed by atoms with Gasteiger partial charge in [-0.2, -0.15) is 0 Å². The summed E-state index contributed by atoms with van der Waals surface area (Å²) in [4.78, 5) is 0. The second kappa shape index (κ2) is 14.6. The molecular formula is C7H19NaO3Si. The Hall–Kier alpha value is 1.10. The maximum atomic E-state index is 5.22. The van der Waals surface area contributed by atoms with E-state index in [2.05, 4.69) is 4.17 Å². The van der Waals surface area contributed by atoms with Crippen molar-refractivity contribution in [2.45, 2.75) is 24.9 Å². The van der Waals surface area contributed by atoms with Crippen LogP contribution in [0, 0.1) is 0 Å². The van der Waals surface area contributed by atoms with Crippen molar-refractivity contribution in [1.29, 1.82) is 0 Å². The zero-order chi connectivity index (χ0) is 9.82. The molecule has 0 bridgehead atoms. The van der Waals surface area contributed by atoms with Crippen molar-refractivity contribution < 1.29 is 13.3 Å². The predicted molar refractivity (Wildman–Crippen MR) is 53.6 cm³/mol. The SMILES string of the molecule is CCO[SiH](OCC)OCC.[CH3][Na].